The summed E-state index contributed by atoms with van der Waals surface area (Å²) in [7, 11) is 0. The Labute approximate surface area is 118 Å². The van der Waals surface area contributed by atoms with E-state index >= 15 is 0 Å². The molecule has 0 aliphatic heterocycles. The van der Waals surface area contributed by atoms with Crippen molar-refractivity contribution in [3.63, 3.8) is 0 Å². The lowest BCUT2D eigenvalue weighted by molar-refractivity contribution is -0.138. The Kier molecular flexibility index (Phi) is 6.49. The standard InChI is InChI=1S/C14H21N3O3/c1-3-11(2)17(10-13(18)19)14(20)16-8-6-12-5-4-7-15-9-12/h4-5,7,9,11H,3,6,8,10H2,1-2H3,(H,16,20)(H,18,19). The number of hydrogen-bond donors (Lipinski definition) is 2. The van der Waals surface area contributed by atoms with Crippen LogP contribution in [-0.4, -0.2) is 46.1 Å². The van der Waals surface area contributed by atoms with E-state index in [1.54, 1.807) is 12.4 Å². The molecule has 1 aromatic rings. The van der Waals surface area contributed by atoms with Crippen molar-refractivity contribution in [2.45, 2.75) is 32.7 Å². The molecule has 1 aromatic heterocycles. The second kappa shape index (κ2) is 8.14. The van der Waals surface area contributed by atoms with Crippen molar-refractivity contribution in [3.05, 3.63) is 30.1 Å². The van der Waals surface area contributed by atoms with Gasteiger partial charge in [-0.1, -0.05) is 13.0 Å². The van der Waals surface area contributed by atoms with Gasteiger partial charge >= 0.3 is 12.0 Å². The zero-order valence-corrected chi connectivity index (χ0v) is 11.9. The monoisotopic (exact) mass is 279 g/mol. The normalized spacial score (nSPS) is 11.7. The van der Waals surface area contributed by atoms with Crippen LogP contribution < -0.4 is 5.32 Å². The number of carboxylic acid groups (broad SMARTS) is 1. The molecule has 0 spiro atoms. The molecule has 1 heterocycles. The topological polar surface area (TPSA) is 82.5 Å². The van der Waals surface area contributed by atoms with Gasteiger partial charge in [0.15, 0.2) is 0 Å². The van der Waals surface area contributed by atoms with Gasteiger partial charge in [0.05, 0.1) is 0 Å². The van der Waals surface area contributed by atoms with Gasteiger partial charge in [0.2, 0.25) is 0 Å². The quantitative estimate of drug-likeness (QED) is 0.792. The van der Waals surface area contributed by atoms with Crippen LogP contribution in [0.5, 0.6) is 0 Å². The smallest absolute Gasteiger partial charge is 0.323 e. The largest absolute Gasteiger partial charge is 0.480 e. The minimum atomic E-state index is -1.01. The summed E-state index contributed by atoms with van der Waals surface area (Å²) in [6.07, 6.45) is 4.82. The van der Waals surface area contributed by atoms with E-state index in [1.807, 2.05) is 26.0 Å². The van der Waals surface area contributed by atoms with E-state index in [4.69, 9.17) is 5.11 Å². The average molecular weight is 279 g/mol. The van der Waals surface area contributed by atoms with E-state index in [-0.39, 0.29) is 18.6 Å². The summed E-state index contributed by atoms with van der Waals surface area (Å²) < 4.78 is 0. The van der Waals surface area contributed by atoms with E-state index in [0.29, 0.717) is 19.4 Å². The third-order valence-electron chi connectivity index (χ3n) is 3.10. The highest BCUT2D eigenvalue weighted by Gasteiger charge is 2.20. The van der Waals surface area contributed by atoms with Gasteiger partial charge in [0.1, 0.15) is 6.54 Å². The van der Waals surface area contributed by atoms with E-state index < -0.39 is 5.97 Å². The molecule has 1 unspecified atom stereocenters. The molecule has 6 heteroatoms. The number of rotatable bonds is 7. The molecule has 0 saturated carbocycles. The Morgan fingerprint density at radius 3 is 2.80 bits per heavy atom. The molecule has 6 nitrogen and oxygen atoms in total. The fourth-order valence-corrected chi connectivity index (χ4v) is 1.76. The van der Waals surface area contributed by atoms with Gasteiger partial charge < -0.3 is 15.3 Å². The molecular formula is C14H21N3O3. The number of amides is 2. The van der Waals surface area contributed by atoms with Gasteiger partial charge in [-0.2, -0.15) is 0 Å². The van der Waals surface area contributed by atoms with Crippen LogP contribution in [0.1, 0.15) is 25.8 Å². The predicted molar refractivity (Wildman–Crippen MR) is 75.4 cm³/mol. The zero-order valence-electron chi connectivity index (χ0n) is 11.9. The molecular weight excluding hydrogens is 258 g/mol. The van der Waals surface area contributed by atoms with Crippen molar-refractivity contribution in [2.75, 3.05) is 13.1 Å². The van der Waals surface area contributed by atoms with E-state index in [1.165, 1.54) is 4.90 Å². The van der Waals surface area contributed by atoms with E-state index in [9.17, 15) is 9.59 Å². The Morgan fingerprint density at radius 1 is 1.50 bits per heavy atom. The van der Waals surface area contributed by atoms with Gasteiger partial charge in [-0.25, -0.2) is 4.79 Å². The third kappa shape index (κ3) is 5.26. The van der Waals surface area contributed by atoms with E-state index in [2.05, 4.69) is 10.3 Å². The first-order valence-electron chi connectivity index (χ1n) is 6.69. The molecule has 0 radical (unpaired) electrons. The molecule has 2 N–H and O–H groups in total. The fourth-order valence-electron chi connectivity index (χ4n) is 1.76. The highest BCUT2D eigenvalue weighted by Crippen LogP contribution is 2.04. The molecule has 1 rings (SSSR count). The summed E-state index contributed by atoms with van der Waals surface area (Å²) in [5.74, 6) is -1.01. The molecule has 0 aromatic carbocycles. The Balaban J connectivity index is 2.47. The second-order valence-corrected chi connectivity index (χ2v) is 4.62. The van der Waals surface area contributed by atoms with Gasteiger partial charge in [-0.15, -0.1) is 0 Å². The second-order valence-electron chi connectivity index (χ2n) is 4.62. The lowest BCUT2D eigenvalue weighted by Gasteiger charge is -2.27. The van der Waals surface area contributed by atoms with Crippen LogP contribution in [0.3, 0.4) is 0 Å². The van der Waals surface area contributed by atoms with Crippen LogP contribution >= 0.6 is 0 Å². The van der Waals surface area contributed by atoms with Crippen molar-refractivity contribution in [1.29, 1.82) is 0 Å². The van der Waals surface area contributed by atoms with Crippen molar-refractivity contribution < 1.29 is 14.7 Å². The van der Waals surface area contributed by atoms with Gasteiger partial charge in [-0.05, 0) is 31.4 Å². The van der Waals surface area contributed by atoms with Crippen molar-refractivity contribution in [2.24, 2.45) is 0 Å². The van der Waals surface area contributed by atoms with Crippen LogP contribution in [0.2, 0.25) is 0 Å². The van der Waals surface area contributed by atoms with Gasteiger partial charge in [0, 0.05) is 25.0 Å². The molecule has 2 amide bonds. The van der Waals surface area contributed by atoms with Crippen molar-refractivity contribution in [3.8, 4) is 0 Å². The van der Waals surface area contributed by atoms with Crippen LogP contribution in [0.15, 0.2) is 24.5 Å². The maximum Gasteiger partial charge on any atom is 0.323 e. The number of carbonyl (C=O) groups excluding carboxylic acids is 1. The van der Waals surface area contributed by atoms with Gasteiger partial charge in [-0.3, -0.25) is 9.78 Å². The molecule has 0 bridgehead atoms. The summed E-state index contributed by atoms with van der Waals surface area (Å²) in [6, 6.07) is 3.32. The first kappa shape index (κ1) is 15.9. The van der Waals surface area contributed by atoms with Crippen LogP contribution in [-0.2, 0) is 11.2 Å². The number of urea groups is 1. The van der Waals surface area contributed by atoms with Gasteiger partial charge in [0.25, 0.3) is 0 Å². The summed E-state index contributed by atoms with van der Waals surface area (Å²) in [5.41, 5.74) is 1.03. The molecule has 0 fully saturated rings. The van der Waals surface area contributed by atoms with Crippen LogP contribution in [0.25, 0.3) is 0 Å². The first-order valence-corrected chi connectivity index (χ1v) is 6.69. The van der Waals surface area contributed by atoms with Crippen molar-refractivity contribution in [1.82, 2.24) is 15.2 Å². The lowest BCUT2D eigenvalue weighted by Crippen LogP contribution is -2.47. The Hall–Kier alpha value is -2.11. The molecule has 0 saturated heterocycles. The molecule has 0 aliphatic carbocycles. The number of carbonyl (C=O) groups is 2. The Morgan fingerprint density at radius 2 is 2.25 bits per heavy atom. The number of carboxylic acids is 1. The Bertz CT molecular complexity index is 437. The van der Waals surface area contributed by atoms with Crippen molar-refractivity contribution >= 4 is 12.0 Å². The number of aliphatic carboxylic acids is 1. The number of aromatic nitrogens is 1. The minimum Gasteiger partial charge on any atom is -0.480 e. The molecule has 1 atom stereocenters. The maximum atomic E-state index is 12.0. The number of hydrogen-bond acceptors (Lipinski definition) is 3. The molecule has 20 heavy (non-hydrogen) atoms. The molecule has 110 valence electrons. The average Bonchev–Trinajstić information content (AvgIpc) is 2.44. The SMILES string of the molecule is CCC(C)N(CC(=O)O)C(=O)NCCc1cccnc1. The maximum absolute atomic E-state index is 12.0. The first-order chi connectivity index (χ1) is 9.54. The lowest BCUT2D eigenvalue weighted by atomic mass is 10.2. The number of nitrogens with zero attached hydrogens (tertiary/aromatic N) is 2. The number of nitrogens with one attached hydrogen (secondary N) is 1. The fraction of sp³-hybridized carbons (Fsp3) is 0.500. The van der Waals surface area contributed by atoms with Crippen LogP contribution in [0, 0.1) is 0 Å². The molecule has 0 aliphatic rings. The van der Waals surface area contributed by atoms with Crippen LogP contribution in [0.4, 0.5) is 4.79 Å². The third-order valence-corrected chi connectivity index (χ3v) is 3.10. The summed E-state index contributed by atoms with van der Waals surface area (Å²) in [4.78, 5) is 28.1. The summed E-state index contributed by atoms with van der Waals surface area (Å²) >= 11 is 0. The van der Waals surface area contributed by atoms with E-state index in [0.717, 1.165) is 5.56 Å². The minimum absolute atomic E-state index is 0.107. The predicted octanol–water partition coefficient (Wildman–Crippen LogP) is 1.52. The highest BCUT2D eigenvalue weighted by molar-refractivity contribution is 5.80. The summed E-state index contributed by atoms with van der Waals surface area (Å²) in [5, 5.41) is 11.6. The summed E-state index contributed by atoms with van der Waals surface area (Å²) in [6.45, 7) is 3.93. The zero-order chi connectivity index (χ0) is 15.0. The highest BCUT2D eigenvalue weighted by atomic mass is 16.4. The number of pyridine rings is 1.